The topological polar surface area (TPSA) is 68.2 Å². The number of ether oxygens (including phenoxy) is 1. The zero-order chi connectivity index (χ0) is 13.9. The number of aromatic nitrogens is 2. The molecule has 0 radical (unpaired) electrons. The van der Waals surface area contributed by atoms with Crippen LogP contribution in [-0.2, 0) is 23.1 Å². The molecule has 2 heterocycles. The second kappa shape index (κ2) is 5.60. The number of benzene rings is 1. The van der Waals surface area contributed by atoms with Crippen LogP contribution in [0.3, 0.4) is 0 Å². The Hall–Kier alpha value is -1.92. The minimum Gasteiger partial charge on any atom is -0.366 e. The van der Waals surface area contributed by atoms with Gasteiger partial charge in [0.05, 0.1) is 24.2 Å². The van der Waals surface area contributed by atoms with Crippen LogP contribution in [0.5, 0.6) is 0 Å². The van der Waals surface area contributed by atoms with Crippen LogP contribution in [0.15, 0.2) is 24.3 Å². The van der Waals surface area contributed by atoms with Gasteiger partial charge in [0.2, 0.25) is 0 Å². The average Bonchev–Trinajstić information content (AvgIpc) is 2.83. The van der Waals surface area contributed by atoms with Crippen LogP contribution in [-0.4, -0.2) is 41.3 Å². The molecule has 2 N–H and O–H groups in total. The highest BCUT2D eigenvalue weighted by molar-refractivity contribution is 5.81. The fourth-order valence-electron chi connectivity index (χ4n) is 2.37. The van der Waals surface area contributed by atoms with Crippen molar-refractivity contribution in [3.63, 3.8) is 0 Å². The molecular formula is C14H18N4O2. The highest BCUT2D eigenvalue weighted by atomic mass is 16.5. The summed E-state index contributed by atoms with van der Waals surface area (Å²) in [6.45, 7) is 2.34. The Bertz CT molecular complexity index is 617. The van der Waals surface area contributed by atoms with E-state index in [1.165, 1.54) is 0 Å². The van der Waals surface area contributed by atoms with Crippen molar-refractivity contribution in [2.75, 3.05) is 19.7 Å². The summed E-state index contributed by atoms with van der Waals surface area (Å²) in [6, 6.07) is 7.92. The summed E-state index contributed by atoms with van der Waals surface area (Å²) in [4.78, 5) is 16.5. The van der Waals surface area contributed by atoms with Gasteiger partial charge in [-0.25, -0.2) is 4.98 Å². The Morgan fingerprint density at radius 1 is 1.55 bits per heavy atom. The quantitative estimate of drug-likeness (QED) is 0.837. The lowest BCUT2D eigenvalue weighted by Crippen LogP contribution is -2.47. The molecule has 6 heteroatoms. The number of aryl methyl sites for hydroxylation is 1. The first kappa shape index (κ1) is 13.1. The molecule has 3 rings (SSSR count). The third-order valence-corrected chi connectivity index (χ3v) is 3.52. The van der Waals surface area contributed by atoms with Crippen molar-refractivity contribution in [2.24, 2.45) is 7.05 Å². The van der Waals surface area contributed by atoms with E-state index < -0.39 is 6.10 Å². The molecule has 0 aliphatic carbocycles. The Labute approximate surface area is 117 Å². The van der Waals surface area contributed by atoms with Gasteiger partial charge in [0, 0.05) is 20.1 Å². The maximum absolute atomic E-state index is 12.0. The van der Waals surface area contributed by atoms with Crippen LogP contribution in [0, 0.1) is 0 Å². The first-order valence-electron chi connectivity index (χ1n) is 6.76. The number of nitrogens with one attached hydrogen (secondary N) is 2. The lowest BCUT2D eigenvalue weighted by Gasteiger charge is -2.22. The van der Waals surface area contributed by atoms with E-state index in [2.05, 4.69) is 15.6 Å². The van der Waals surface area contributed by atoms with Crippen molar-refractivity contribution in [3.8, 4) is 0 Å². The average molecular weight is 274 g/mol. The molecule has 1 unspecified atom stereocenters. The van der Waals surface area contributed by atoms with Gasteiger partial charge in [-0.2, -0.15) is 0 Å². The first-order chi connectivity index (χ1) is 9.75. The molecule has 0 bridgehead atoms. The summed E-state index contributed by atoms with van der Waals surface area (Å²) < 4.78 is 7.41. The Morgan fingerprint density at radius 3 is 3.15 bits per heavy atom. The monoisotopic (exact) mass is 274 g/mol. The summed E-state index contributed by atoms with van der Waals surface area (Å²) in [7, 11) is 1.95. The minimum atomic E-state index is -0.404. The summed E-state index contributed by atoms with van der Waals surface area (Å²) in [5, 5.41) is 6.02. The van der Waals surface area contributed by atoms with Crippen LogP contribution in [0.25, 0.3) is 11.0 Å². The van der Waals surface area contributed by atoms with Crippen LogP contribution >= 0.6 is 0 Å². The van der Waals surface area contributed by atoms with E-state index >= 15 is 0 Å². The van der Waals surface area contributed by atoms with E-state index in [1.54, 1.807) is 0 Å². The molecule has 6 nitrogen and oxygen atoms in total. The molecule has 1 fully saturated rings. The largest absolute Gasteiger partial charge is 0.366 e. The fraction of sp³-hybridized carbons (Fsp3) is 0.429. The van der Waals surface area contributed by atoms with Gasteiger partial charge in [-0.1, -0.05) is 12.1 Å². The highest BCUT2D eigenvalue weighted by Crippen LogP contribution is 2.13. The van der Waals surface area contributed by atoms with E-state index in [1.807, 2.05) is 35.9 Å². The molecule has 1 aromatic carbocycles. The normalized spacial score (nSPS) is 19.1. The molecule has 1 aromatic heterocycles. The number of carbonyl (C=O) groups is 1. The zero-order valence-corrected chi connectivity index (χ0v) is 11.4. The first-order valence-corrected chi connectivity index (χ1v) is 6.76. The molecule has 1 aliphatic heterocycles. The van der Waals surface area contributed by atoms with E-state index in [9.17, 15) is 4.79 Å². The van der Waals surface area contributed by atoms with Crippen molar-refractivity contribution < 1.29 is 9.53 Å². The van der Waals surface area contributed by atoms with Crippen molar-refractivity contribution in [1.82, 2.24) is 20.2 Å². The van der Waals surface area contributed by atoms with Crippen molar-refractivity contribution in [2.45, 2.75) is 12.6 Å². The van der Waals surface area contributed by atoms with Gasteiger partial charge >= 0.3 is 0 Å². The van der Waals surface area contributed by atoms with E-state index in [4.69, 9.17) is 4.74 Å². The van der Waals surface area contributed by atoms with Gasteiger partial charge in [0.1, 0.15) is 11.9 Å². The van der Waals surface area contributed by atoms with Gasteiger partial charge in [-0.05, 0) is 12.1 Å². The van der Waals surface area contributed by atoms with Gasteiger partial charge in [-0.3, -0.25) is 4.79 Å². The second-order valence-corrected chi connectivity index (χ2v) is 4.86. The van der Waals surface area contributed by atoms with Gasteiger partial charge in [0.15, 0.2) is 0 Å². The number of hydrogen-bond donors (Lipinski definition) is 2. The van der Waals surface area contributed by atoms with E-state index in [0.29, 0.717) is 19.7 Å². The number of fused-ring (bicyclic) bond motifs is 1. The molecule has 106 valence electrons. The zero-order valence-electron chi connectivity index (χ0n) is 11.4. The highest BCUT2D eigenvalue weighted by Gasteiger charge is 2.21. The van der Waals surface area contributed by atoms with Crippen LogP contribution in [0.4, 0.5) is 0 Å². The molecule has 0 saturated carbocycles. The summed E-state index contributed by atoms with van der Waals surface area (Å²) >= 11 is 0. The lowest BCUT2D eigenvalue weighted by atomic mass is 10.3. The second-order valence-electron chi connectivity index (χ2n) is 4.86. The van der Waals surface area contributed by atoms with Gasteiger partial charge in [-0.15, -0.1) is 0 Å². The molecule has 20 heavy (non-hydrogen) atoms. The maximum atomic E-state index is 12.0. The number of rotatable bonds is 3. The van der Waals surface area contributed by atoms with Gasteiger partial charge < -0.3 is 19.9 Å². The minimum absolute atomic E-state index is 0.0933. The summed E-state index contributed by atoms with van der Waals surface area (Å²) in [6.07, 6.45) is -0.404. The standard InChI is InChI=1S/C14H18N4O2/c1-18-11-5-3-2-4-10(11)17-13(18)9-16-14(19)12-8-15-6-7-20-12/h2-5,12,15H,6-9H2,1H3,(H,16,19). The Kier molecular flexibility index (Phi) is 3.66. The molecule has 1 atom stereocenters. The number of carbonyl (C=O) groups excluding carboxylic acids is 1. The molecule has 0 spiro atoms. The van der Waals surface area contributed by atoms with Crippen molar-refractivity contribution in [1.29, 1.82) is 0 Å². The molecule has 1 amide bonds. The Morgan fingerprint density at radius 2 is 2.40 bits per heavy atom. The smallest absolute Gasteiger partial charge is 0.250 e. The predicted octanol–water partition coefficient (Wildman–Crippen LogP) is 0.178. The Balaban J connectivity index is 1.67. The lowest BCUT2D eigenvalue weighted by molar-refractivity contribution is -0.134. The number of hydrogen-bond acceptors (Lipinski definition) is 4. The number of amides is 1. The van der Waals surface area contributed by atoms with Crippen molar-refractivity contribution >= 4 is 16.9 Å². The maximum Gasteiger partial charge on any atom is 0.250 e. The fourth-order valence-corrected chi connectivity index (χ4v) is 2.37. The predicted molar refractivity (Wildman–Crippen MR) is 75.2 cm³/mol. The molecule has 1 saturated heterocycles. The molecular weight excluding hydrogens is 256 g/mol. The van der Waals surface area contributed by atoms with Crippen LogP contribution in [0.2, 0.25) is 0 Å². The van der Waals surface area contributed by atoms with E-state index in [-0.39, 0.29) is 5.91 Å². The van der Waals surface area contributed by atoms with Crippen molar-refractivity contribution in [3.05, 3.63) is 30.1 Å². The molecule has 2 aromatic rings. The third kappa shape index (κ3) is 2.52. The SMILES string of the molecule is Cn1c(CNC(=O)C2CNCCO2)nc2ccccc21. The van der Waals surface area contributed by atoms with Crippen LogP contribution < -0.4 is 10.6 Å². The van der Waals surface area contributed by atoms with E-state index in [0.717, 1.165) is 23.4 Å². The van der Waals surface area contributed by atoms with Gasteiger partial charge in [0.25, 0.3) is 5.91 Å². The number of para-hydroxylation sites is 2. The van der Waals surface area contributed by atoms with Crippen LogP contribution in [0.1, 0.15) is 5.82 Å². The summed E-state index contributed by atoms with van der Waals surface area (Å²) in [5.41, 5.74) is 2.00. The summed E-state index contributed by atoms with van der Waals surface area (Å²) in [5.74, 6) is 0.743. The number of imidazole rings is 1. The number of nitrogens with zero attached hydrogens (tertiary/aromatic N) is 2. The third-order valence-electron chi connectivity index (χ3n) is 3.52. The number of morpholine rings is 1. The molecule has 1 aliphatic rings.